The van der Waals surface area contributed by atoms with E-state index in [-0.39, 0.29) is 9.37 Å². The minimum absolute atomic E-state index is 0.167. The summed E-state index contributed by atoms with van der Waals surface area (Å²) in [5, 5.41) is 0. The highest BCUT2D eigenvalue weighted by Crippen LogP contribution is 2.38. The minimum atomic E-state index is -4.73. The monoisotopic (exact) mass is 394 g/mol. The molecule has 0 atom stereocenters. The number of halogens is 4. The van der Waals surface area contributed by atoms with Crippen molar-refractivity contribution < 1.29 is 25.8 Å². The molecule has 8 heteroatoms. The first-order chi connectivity index (χ1) is 10.1. The van der Waals surface area contributed by atoms with Crippen LogP contribution in [-0.4, -0.2) is 8.42 Å². The third kappa shape index (κ3) is 3.80. The third-order valence-corrected chi connectivity index (χ3v) is 4.50. The lowest BCUT2D eigenvalue weighted by atomic mass is 10.2. The third-order valence-electron chi connectivity index (χ3n) is 2.76. The number of alkyl halides is 3. The van der Waals surface area contributed by atoms with Crippen molar-refractivity contribution >= 4 is 26.0 Å². The molecule has 0 fully saturated rings. The van der Waals surface area contributed by atoms with Gasteiger partial charge in [-0.15, -0.1) is 0 Å². The summed E-state index contributed by atoms with van der Waals surface area (Å²) in [6, 6.07) is 8.60. The van der Waals surface area contributed by atoms with Gasteiger partial charge in [-0.1, -0.05) is 33.6 Å². The number of rotatable bonds is 3. The van der Waals surface area contributed by atoms with Gasteiger partial charge in [0.05, 0.1) is 0 Å². The minimum Gasteiger partial charge on any atom is -0.378 e. The summed E-state index contributed by atoms with van der Waals surface area (Å²) in [7, 11) is -4.34. The molecular formula is C14H10BrF3O3S. The molecule has 0 heterocycles. The van der Waals surface area contributed by atoms with Crippen molar-refractivity contribution in [3.8, 4) is 5.75 Å². The van der Waals surface area contributed by atoms with E-state index in [1.165, 1.54) is 30.3 Å². The predicted molar refractivity (Wildman–Crippen MR) is 78.1 cm³/mol. The van der Waals surface area contributed by atoms with E-state index in [0.29, 0.717) is 0 Å². The molecule has 0 aliphatic heterocycles. The molecule has 0 aromatic heterocycles. The second-order valence-electron chi connectivity index (χ2n) is 4.49. The Bertz CT molecular complexity index is 784. The zero-order chi connectivity index (χ0) is 16.5. The van der Waals surface area contributed by atoms with Crippen molar-refractivity contribution in [3.63, 3.8) is 0 Å². The number of hydrogen-bond donors (Lipinski definition) is 0. The van der Waals surface area contributed by atoms with E-state index in [2.05, 4.69) is 20.1 Å². The van der Waals surface area contributed by atoms with Gasteiger partial charge in [0.1, 0.15) is 10.5 Å². The highest BCUT2D eigenvalue weighted by Gasteiger charge is 2.36. The second-order valence-corrected chi connectivity index (χ2v) is 6.95. The molecule has 2 rings (SSSR count). The Morgan fingerprint density at radius 2 is 1.64 bits per heavy atom. The number of benzene rings is 2. The van der Waals surface area contributed by atoms with Crippen molar-refractivity contribution in [1.82, 2.24) is 0 Å². The number of hydrogen-bond acceptors (Lipinski definition) is 3. The van der Waals surface area contributed by atoms with Gasteiger partial charge < -0.3 is 4.18 Å². The fourth-order valence-electron chi connectivity index (χ4n) is 1.67. The van der Waals surface area contributed by atoms with Crippen LogP contribution in [0.25, 0.3) is 0 Å². The number of aryl methyl sites for hydroxylation is 1. The van der Waals surface area contributed by atoms with Gasteiger partial charge in [0.15, 0.2) is 5.75 Å². The van der Waals surface area contributed by atoms with E-state index in [0.717, 1.165) is 17.7 Å². The molecule has 0 spiro atoms. The Hall–Kier alpha value is -1.54. The summed E-state index contributed by atoms with van der Waals surface area (Å²) in [5.74, 6) is -0.767. The fraction of sp³-hybridized carbons (Fsp3) is 0.143. The van der Waals surface area contributed by atoms with Crippen LogP contribution >= 0.6 is 15.9 Å². The molecule has 0 aliphatic carbocycles. The molecular weight excluding hydrogens is 385 g/mol. The average Bonchev–Trinajstić information content (AvgIpc) is 2.40. The van der Waals surface area contributed by atoms with Gasteiger partial charge in [-0.25, -0.2) is 0 Å². The summed E-state index contributed by atoms with van der Waals surface area (Å²) < 4.78 is 67.9. The Morgan fingerprint density at radius 1 is 1.05 bits per heavy atom. The van der Waals surface area contributed by atoms with Crippen molar-refractivity contribution in [3.05, 3.63) is 58.1 Å². The lowest BCUT2D eigenvalue weighted by molar-refractivity contribution is -0.138. The largest absolute Gasteiger partial charge is 0.420 e. The lowest BCUT2D eigenvalue weighted by Crippen LogP contribution is -2.14. The highest BCUT2D eigenvalue weighted by atomic mass is 79.9. The van der Waals surface area contributed by atoms with Gasteiger partial charge in [0, 0.05) is 4.47 Å². The first kappa shape index (κ1) is 16.8. The molecule has 0 bridgehead atoms. The van der Waals surface area contributed by atoms with E-state index in [1.807, 2.05) is 0 Å². The molecule has 2 aromatic rings. The van der Waals surface area contributed by atoms with Crippen molar-refractivity contribution in [2.24, 2.45) is 0 Å². The molecule has 0 saturated heterocycles. The van der Waals surface area contributed by atoms with Crippen LogP contribution in [0.15, 0.2) is 51.8 Å². The summed E-state index contributed by atoms with van der Waals surface area (Å²) >= 11 is 2.92. The summed E-state index contributed by atoms with van der Waals surface area (Å²) in [6.45, 7) is 1.76. The summed E-state index contributed by atoms with van der Waals surface area (Å²) in [5.41, 5.74) is -0.351. The van der Waals surface area contributed by atoms with Crippen LogP contribution in [0.4, 0.5) is 13.2 Å². The van der Waals surface area contributed by atoms with Gasteiger partial charge in [0.2, 0.25) is 0 Å². The van der Waals surface area contributed by atoms with Gasteiger partial charge in [-0.05, 0) is 37.3 Å². The lowest BCUT2D eigenvalue weighted by Gasteiger charge is -2.14. The van der Waals surface area contributed by atoms with Gasteiger partial charge in [0.25, 0.3) is 0 Å². The maximum Gasteiger partial charge on any atom is 0.420 e. The van der Waals surface area contributed by atoms with Gasteiger partial charge in [-0.2, -0.15) is 21.6 Å². The SMILES string of the molecule is Cc1ccc(S(=O)(=O)Oc2ccc(Br)cc2C(F)(F)F)cc1. The van der Waals surface area contributed by atoms with Crippen molar-refractivity contribution in [2.45, 2.75) is 18.0 Å². The molecule has 0 radical (unpaired) electrons. The fourth-order valence-corrected chi connectivity index (χ4v) is 2.98. The van der Waals surface area contributed by atoms with Crippen LogP contribution in [0.3, 0.4) is 0 Å². The smallest absolute Gasteiger partial charge is 0.378 e. The molecule has 3 nitrogen and oxygen atoms in total. The Kier molecular flexibility index (Phi) is 4.53. The van der Waals surface area contributed by atoms with Gasteiger partial charge in [-0.3, -0.25) is 0 Å². The average molecular weight is 395 g/mol. The van der Waals surface area contributed by atoms with E-state index >= 15 is 0 Å². The first-order valence-electron chi connectivity index (χ1n) is 5.97. The quantitative estimate of drug-likeness (QED) is 0.717. The van der Waals surface area contributed by atoms with Crippen LogP contribution in [0.1, 0.15) is 11.1 Å². The van der Waals surface area contributed by atoms with Crippen molar-refractivity contribution in [2.75, 3.05) is 0 Å². The van der Waals surface area contributed by atoms with E-state index in [4.69, 9.17) is 0 Å². The zero-order valence-corrected chi connectivity index (χ0v) is 13.6. The van der Waals surface area contributed by atoms with E-state index < -0.39 is 27.6 Å². The maximum absolute atomic E-state index is 13.0. The van der Waals surface area contributed by atoms with E-state index in [9.17, 15) is 21.6 Å². The van der Waals surface area contributed by atoms with Crippen LogP contribution < -0.4 is 4.18 Å². The van der Waals surface area contributed by atoms with Crippen molar-refractivity contribution in [1.29, 1.82) is 0 Å². The summed E-state index contributed by atoms with van der Waals surface area (Å²) in [6.07, 6.45) is -4.73. The van der Waals surface area contributed by atoms with Crippen LogP contribution in [0, 0.1) is 6.92 Å². The highest BCUT2D eigenvalue weighted by molar-refractivity contribution is 9.10. The molecule has 0 unspecified atom stereocenters. The molecule has 118 valence electrons. The van der Waals surface area contributed by atoms with Crippen LogP contribution in [-0.2, 0) is 16.3 Å². The topological polar surface area (TPSA) is 43.4 Å². The molecule has 0 saturated carbocycles. The predicted octanol–water partition coefficient (Wildman–Crippen LogP) is 4.54. The zero-order valence-electron chi connectivity index (χ0n) is 11.2. The normalized spacial score (nSPS) is 12.2. The maximum atomic E-state index is 13.0. The van der Waals surface area contributed by atoms with Crippen LogP contribution in [0.5, 0.6) is 5.75 Å². The first-order valence-corrected chi connectivity index (χ1v) is 8.17. The Morgan fingerprint density at radius 3 is 2.18 bits per heavy atom. The molecule has 22 heavy (non-hydrogen) atoms. The molecule has 0 aliphatic rings. The van der Waals surface area contributed by atoms with E-state index in [1.54, 1.807) is 6.92 Å². The molecule has 0 N–H and O–H groups in total. The van der Waals surface area contributed by atoms with Gasteiger partial charge >= 0.3 is 16.3 Å². The Labute approximate surface area is 134 Å². The Balaban J connectivity index is 2.44. The molecule has 0 amide bonds. The second kappa shape index (κ2) is 5.92. The summed E-state index contributed by atoms with van der Waals surface area (Å²) in [4.78, 5) is -0.214. The van der Waals surface area contributed by atoms with Crippen LogP contribution in [0.2, 0.25) is 0 Å². The standard InChI is InChI=1S/C14H10BrF3O3S/c1-9-2-5-11(6-3-9)22(19,20)21-13-7-4-10(15)8-12(13)14(16,17)18/h2-8H,1H3. The molecule has 2 aromatic carbocycles.